The minimum atomic E-state index is 0.313. The zero-order valence-electron chi connectivity index (χ0n) is 10.2. The van der Waals surface area contributed by atoms with Crippen molar-refractivity contribution in [3.8, 4) is 5.75 Å². The molecule has 2 aromatic rings. The van der Waals surface area contributed by atoms with Gasteiger partial charge in [-0.3, -0.25) is 0 Å². The highest BCUT2D eigenvalue weighted by atomic mass is 35.5. The topological polar surface area (TPSA) is 32.3 Å². The largest absolute Gasteiger partial charge is 0.508 e. The smallest absolute Gasteiger partial charge is 0.115 e. The molecule has 2 nitrogen and oxygen atoms in total. The number of hydrogen-bond donors (Lipinski definition) is 2. The van der Waals surface area contributed by atoms with Crippen LogP contribution in [0.2, 0.25) is 4.34 Å². The molecule has 2 rings (SSSR count). The van der Waals surface area contributed by atoms with Crippen LogP contribution in [0.3, 0.4) is 0 Å². The fourth-order valence-electron chi connectivity index (χ4n) is 1.78. The number of rotatable bonds is 5. The average Bonchev–Trinajstić information content (AvgIpc) is 2.76. The molecule has 1 unspecified atom stereocenters. The third-order valence-electron chi connectivity index (χ3n) is 2.73. The van der Waals surface area contributed by atoms with Gasteiger partial charge in [0.2, 0.25) is 0 Å². The van der Waals surface area contributed by atoms with Crippen LogP contribution in [0.4, 0.5) is 0 Å². The highest BCUT2D eigenvalue weighted by Gasteiger charge is 2.04. The van der Waals surface area contributed by atoms with E-state index in [2.05, 4.69) is 12.2 Å². The Bertz CT molecular complexity index is 495. The van der Waals surface area contributed by atoms with Gasteiger partial charge in [0.15, 0.2) is 0 Å². The van der Waals surface area contributed by atoms with Crippen molar-refractivity contribution in [2.75, 3.05) is 0 Å². The lowest BCUT2D eigenvalue weighted by Crippen LogP contribution is -2.27. The van der Waals surface area contributed by atoms with Crippen molar-refractivity contribution in [1.82, 2.24) is 5.32 Å². The molecule has 0 aliphatic carbocycles. The fourth-order valence-corrected chi connectivity index (χ4v) is 2.82. The normalized spacial score (nSPS) is 12.6. The van der Waals surface area contributed by atoms with E-state index in [1.807, 2.05) is 24.3 Å². The summed E-state index contributed by atoms with van der Waals surface area (Å²) in [6.07, 6.45) is 0.944. The third-order valence-corrected chi connectivity index (χ3v) is 3.96. The predicted octanol–water partition coefficient (Wildman–Crippen LogP) is 3.83. The number of hydrogen-bond acceptors (Lipinski definition) is 3. The summed E-state index contributed by atoms with van der Waals surface area (Å²) in [7, 11) is 0. The van der Waals surface area contributed by atoms with E-state index in [1.54, 1.807) is 23.5 Å². The molecule has 0 aliphatic heterocycles. The average molecular weight is 282 g/mol. The van der Waals surface area contributed by atoms with Crippen molar-refractivity contribution in [3.05, 3.63) is 51.2 Å². The molecule has 1 heterocycles. The second kappa shape index (κ2) is 6.23. The van der Waals surface area contributed by atoms with E-state index >= 15 is 0 Å². The lowest BCUT2D eigenvalue weighted by atomic mass is 10.1. The molecular formula is C14H16ClNOS. The Morgan fingerprint density at radius 3 is 2.56 bits per heavy atom. The summed E-state index contributed by atoms with van der Waals surface area (Å²) in [5.74, 6) is 0.313. The Morgan fingerprint density at radius 1 is 1.22 bits per heavy atom. The Morgan fingerprint density at radius 2 is 1.94 bits per heavy atom. The quantitative estimate of drug-likeness (QED) is 0.873. The van der Waals surface area contributed by atoms with Gasteiger partial charge in [-0.1, -0.05) is 23.7 Å². The van der Waals surface area contributed by atoms with Gasteiger partial charge in [-0.2, -0.15) is 0 Å². The molecule has 0 bridgehead atoms. The van der Waals surface area contributed by atoms with Gasteiger partial charge in [0.25, 0.3) is 0 Å². The molecule has 0 amide bonds. The molecule has 96 valence electrons. The van der Waals surface area contributed by atoms with Crippen molar-refractivity contribution in [1.29, 1.82) is 0 Å². The van der Waals surface area contributed by atoms with Crippen molar-refractivity contribution in [3.63, 3.8) is 0 Å². The highest BCUT2D eigenvalue weighted by molar-refractivity contribution is 7.16. The molecule has 4 heteroatoms. The SMILES string of the molecule is CC(Cc1ccc(O)cc1)NCc1ccc(Cl)s1. The van der Waals surface area contributed by atoms with Crippen LogP contribution in [-0.2, 0) is 13.0 Å². The maximum absolute atomic E-state index is 9.22. The number of thiophene rings is 1. The Hall–Kier alpha value is -1.03. The number of aromatic hydroxyl groups is 1. The van der Waals surface area contributed by atoms with E-state index in [4.69, 9.17) is 11.6 Å². The molecule has 1 atom stereocenters. The van der Waals surface area contributed by atoms with E-state index in [1.165, 1.54) is 10.4 Å². The van der Waals surface area contributed by atoms with Crippen LogP contribution < -0.4 is 5.32 Å². The Balaban J connectivity index is 1.81. The van der Waals surface area contributed by atoms with Crippen LogP contribution in [0.25, 0.3) is 0 Å². The number of halogens is 1. The monoisotopic (exact) mass is 281 g/mol. The van der Waals surface area contributed by atoms with Gasteiger partial charge in [0.1, 0.15) is 5.75 Å². The van der Waals surface area contributed by atoms with Gasteiger partial charge in [-0.15, -0.1) is 11.3 Å². The van der Waals surface area contributed by atoms with E-state index in [0.717, 1.165) is 17.3 Å². The number of benzene rings is 1. The van der Waals surface area contributed by atoms with Gasteiger partial charge in [0.05, 0.1) is 4.34 Å². The van der Waals surface area contributed by atoms with E-state index in [-0.39, 0.29) is 0 Å². The highest BCUT2D eigenvalue weighted by Crippen LogP contribution is 2.21. The van der Waals surface area contributed by atoms with Crippen molar-refractivity contribution in [2.45, 2.75) is 25.9 Å². The van der Waals surface area contributed by atoms with Crippen LogP contribution in [0.15, 0.2) is 36.4 Å². The molecule has 0 spiro atoms. The second-order valence-corrected chi connectivity index (χ2v) is 6.16. The first kappa shape index (κ1) is 13.4. The van der Waals surface area contributed by atoms with Crippen molar-refractivity contribution >= 4 is 22.9 Å². The number of nitrogens with one attached hydrogen (secondary N) is 1. The molecular weight excluding hydrogens is 266 g/mol. The Labute approximate surface area is 116 Å². The summed E-state index contributed by atoms with van der Waals surface area (Å²) in [6.45, 7) is 3.00. The predicted molar refractivity (Wildman–Crippen MR) is 77.4 cm³/mol. The maximum Gasteiger partial charge on any atom is 0.115 e. The molecule has 18 heavy (non-hydrogen) atoms. The lowest BCUT2D eigenvalue weighted by molar-refractivity contribution is 0.474. The summed E-state index contributed by atoms with van der Waals surface area (Å²) < 4.78 is 0.831. The molecule has 1 aromatic heterocycles. The van der Waals surface area contributed by atoms with E-state index in [9.17, 15) is 5.11 Å². The van der Waals surface area contributed by atoms with Crippen LogP contribution in [0.5, 0.6) is 5.75 Å². The van der Waals surface area contributed by atoms with Gasteiger partial charge < -0.3 is 10.4 Å². The van der Waals surface area contributed by atoms with E-state index in [0.29, 0.717) is 11.8 Å². The van der Waals surface area contributed by atoms with Crippen LogP contribution >= 0.6 is 22.9 Å². The summed E-state index contributed by atoms with van der Waals surface area (Å²) in [4.78, 5) is 1.25. The van der Waals surface area contributed by atoms with Crippen LogP contribution in [0, 0.1) is 0 Å². The van der Waals surface area contributed by atoms with E-state index < -0.39 is 0 Å². The molecule has 0 fully saturated rings. The minimum Gasteiger partial charge on any atom is -0.508 e. The summed E-state index contributed by atoms with van der Waals surface area (Å²) in [6, 6.07) is 11.7. The minimum absolute atomic E-state index is 0.313. The van der Waals surface area contributed by atoms with Gasteiger partial charge in [-0.25, -0.2) is 0 Å². The van der Waals surface area contributed by atoms with Gasteiger partial charge >= 0.3 is 0 Å². The molecule has 1 aromatic carbocycles. The fraction of sp³-hybridized carbons (Fsp3) is 0.286. The first-order valence-electron chi connectivity index (χ1n) is 5.89. The summed E-state index contributed by atoms with van der Waals surface area (Å²) in [5, 5.41) is 12.7. The summed E-state index contributed by atoms with van der Waals surface area (Å²) in [5.41, 5.74) is 1.22. The van der Waals surface area contributed by atoms with Crippen molar-refractivity contribution < 1.29 is 5.11 Å². The second-order valence-electron chi connectivity index (χ2n) is 4.36. The number of phenols is 1. The molecule has 2 N–H and O–H groups in total. The third kappa shape index (κ3) is 4.02. The maximum atomic E-state index is 9.22. The van der Waals surface area contributed by atoms with Gasteiger partial charge in [0, 0.05) is 17.5 Å². The zero-order chi connectivity index (χ0) is 13.0. The Kier molecular flexibility index (Phi) is 4.64. The first-order chi connectivity index (χ1) is 8.63. The van der Waals surface area contributed by atoms with Crippen LogP contribution in [0.1, 0.15) is 17.4 Å². The standard InChI is InChI=1S/C14H16ClNOS/c1-10(8-11-2-4-12(17)5-3-11)16-9-13-6-7-14(15)18-13/h2-7,10,16-17H,8-9H2,1H3. The lowest BCUT2D eigenvalue weighted by Gasteiger charge is -2.13. The first-order valence-corrected chi connectivity index (χ1v) is 7.08. The molecule has 0 saturated carbocycles. The molecule has 0 radical (unpaired) electrons. The summed E-state index contributed by atoms with van der Waals surface area (Å²) >= 11 is 7.50. The number of phenolic OH excluding ortho intramolecular Hbond substituents is 1. The van der Waals surface area contributed by atoms with Crippen molar-refractivity contribution in [2.24, 2.45) is 0 Å². The van der Waals surface area contributed by atoms with Gasteiger partial charge in [-0.05, 0) is 43.2 Å². The molecule has 0 saturated heterocycles. The molecule has 0 aliphatic rings. The zero-order valence-corrected chi connectivity index (χ0v) is 11.8. The van der Waals surface area contributed by atoms with Crippen LogP contribution in [-0.4, -0.2) is 11.1 Å².